The lowest BCUT2D eigenvalue weighted by Crippen LogP contribution is -2.30. The number of fused-ring (bicyclic) bond motifs is 1. The Labute approximate surface area is 113 Å². The lowest BCUT2D eigenvalue weighted by Gasteiger charge is -2.24. The fraction of sp³-hybridized carbons (Fsp3) is 0.533. The number of rotatable bonds is 4. The normalized spacial score (nSPS) is 19.6. The molecule has 0 amide bonds. The molecule has 3 nitrogen and oxygen atoms in total. The third-order valence-electron chi connectivity index (χ3n) is 3.85. The molecule has 1 heterocycles. The minimum atomic E-state index is -0.819. The summed E-state index contributed by atoms with van der Waals surface area (Å²) in [6.45, 7) is 6.52. The molecule has 19 heavy (non-hydrogen) atoms. The molecule has 4 heteroatoms. The monoisotopic (exact) mass is 265 g/mol. The van der Waals surface area contributed by atoms with E-state index in [1.807, 2.05) is 6.07 Å². The highest BCUT2D eigenvalue weighted by Gasteiger charge is 2.34. The fourth-order valence-electron chi connectivity index (χ4n) is 2.82. The van der Waals surface area contributed by atoms with E-state index < -0.39 is 11.9 Å². The molecule has 0 aliphatic carbocycles. The first kappa shape index (κ1) is 13.8. The Bertz CT molecular complexity index is 487. The zero-order valence-corrected chi connectivity index (χ0v) is 11.6. The minimum absolute atomic E-state index is 0.0373. The molecule has 2 atom stereocenters. The van der Waals surface area contributed by atoms with Crippen LogP contribution in [0.1, 0.15) is 38.7 Å². The summed E-state index contributed by atoms with van der Waals surface area (Å²) in [4.78, 5) is 13.1. The molecule has 1 aliphatic rings. The summed E-state index contributed by atoms with van der Waals surface area (Å²) in [5.41, 5.74) is 1.60. The predicted molar refractivity (Wildman–Crippen MR) is 73.0 cm³/mol. The quantitative estimate of drug-likeness (QED) is 0.908. The Kier molecular flexibility index (Phi) is 3.78. The molecule has 1 aliphatic heterocycles. The van der Waals surface area contributed by atoms with Gasteiger partial charge in [0, 0.05) is 29.8 Å². The van der Waals surface area contributed by atoms with Gasteiger partial charge in [-0.05, 0) is 32.4 Å². The molecule has 0 fully saturated rings. The van der Waals surface area contributed by atoms with Gasteiger partial charge in [0.2, 0.25) is 0 Å². The molecule has 2 rings (SSSR count). The highest BCUT2D eigenvalue weighted by molar-refractivity contribution is 5.70. The molecule has 0 saturated heterocycles. The standard InChI is InChI=1S/C15H20FNO2/c1-9(2)17-8-11(7-10(3)15(18)19)14-12(16)5-4-6-13(14)17/h4-6,9-11H,7-8H2,1-3H3,(H,18,19). The van der Waals surface area contributed by atoms with E-state index in [0.717, 1.165) is 5.69 Å². The van der Waals surface area contributed by atoms with Crippen LogP contribution in [0.25, 0.3) is 0 Å². The first-order chi connectivity index (χ1) is 8.91. The van der Waals surface area contributed by atoms with Crippen LogP contribution in [-0.2, 0) is 4.79 Å². The zero-order valence-electron chi connectivity index (χ0n) is 11.6. The van der Waals surface area contributed by atoms with Crippen LogP contribution < -0.4 is 4.90 Å². The van der Waals surface area contributed by atoms with Crippen LogP contribution >= 0.6 is 0 Å². The smallest absolute Gasteiger partial charge is 0.306 e. The lowest BCUT2D eigenvalue weighted by atomic mass is 9.91. The second-order valence-electron chi connectivity index (χ2n) is 5.59. The molecule has 1 N–H and O–H groups in total. The number of nitrogens with zero attached hydrogens (tertiary/aromatic N) is 1. The van der Waals surface area contributed by atoms with Crippen molar-refractivity contribution in [2.24, 2.45) is 5.92 Å². The molecule has 1 aromatic carbocycles. The Morgan fingerprint density at radius 1 is 1.47 bits per heavy atom. The highest BCUT2D eigenvalue weighted by atomic mass is 19.1. The third kappa shape index (κ3) is 2.57. The van der Waals surface area contributed by atoms with Crippen molar-refractivity contribution in [3.8, 4) is 0 Å². The van der Waals surface area contributed by atoms with Crippen LogP contribution in [0.4, 0.5) is 10.1 Å². The van der Waals surface area contributed by atoms with E-state index in [2.05, 4.69) is 18.7 Å². The van der Waals surface area contributed by atoms with E-state index in [1.165, 1.54) is 6.07 Å². The van der Waals surface area contributed by atoms with Gasteiger partial charge in [0.15, 0.2) is 0 Å². The van der Waals surface area contributed by atoms with Gasteiger partial charge in [0.1, 0.15) is 5.82 Å². The molecule has 0 saturated carbocycles. The Morgan fingerprint density at radius 2 is 2.16 bits per heavy atom. The van der Waals surface area contributed by atoms with E-state index in [0.29, 0.717) is 18.5 Å². The first-order valence-electron chi connectivity index (χ1n) is 6.69. The van der Waals surface area contributed by atoms with Gasteiger partial charge in [0.25, 0.3) is 0 Å². The maximum atomic E-state index is 14.1. The summed E-state index contributed by atoms with van der Waals surface area (Å²) >= 11 is 0. The average Bonchev–Trinajstić information content (AvgIpc) is 2.69. The van der Waals surface area contributed by atoms with Gasteiger partial charge in [-0.25, -0.2) is 4.39 Å². The number of carbonyl (C=O) groups is 1. The summed E-state index contributed by atoms with van der Waals surface area (Å²) in [6.07, 6.45) is 0.479. The van der Waals surface area contributed by atoms with Crippen molar-refractivity contribution >= 4 is 11.7 Å². The van der Waals surface area contributed by atoms with Crippen LogP contribution in [0.5, 0.6) is 0 Å². The van der Waals surface area contributed by atoms with Crippen molar-refractivity contribution in [1.82, 2.24) is 0 Å². The largest absolute Gasteiger partial charge is 0.481 e. The number of carboxylic acids is 1. The van der Waals surface area contributed by atoms with Crippen molar-refractivity contribution in [3.63, 3.8) is 0 Å². The third-order valence-corrected chi connectivity index (χ3v) is 3.85. The van der Waals surface area contributed by atoms with Crippen LogP contribution in [-0.4, -0.2) is 23.7 Å². The Balaban J connectivity index is 2.32. The second-order valence-corrected chi connectivity index (χ2v) is 5.59. The van der Waals surface area contributed by atoms with Gasteiger partial charge in [-0.15, -0.1) is 0 Å². The van der Waals surface area contributed by atoms with Crippen molar-refractivity contribution in [2.75, 3.05) is 11.4 Å². The molecule has 2 unspecified atom stereocenters. The maximum Gasteiger partial charge on any atom is 0.306 e. The van der Waals surface area contributed by atoms with E-state index in [1.54, 1.807) is 13.0 Å². The zero-order chi connectivity index (χ0) is 14.2. The summed E-state index contributed by atoms with van der Waals surface area (Å²) < 4.78 is 14.1. The Morgan fingerprint density at radius 3 is 2.74 bits per heavy atom. The molecule has 104 valence electrons. The minimum Gasteiger partial charge on any atom is -0.481 e. The number of hydrogen-bond donors (Lipinski definition) is 1. The van der Waals surface area contributed by atoms with E-state index in [9.17, 15) is 9.18 Å². The summed E-state index contributed by atoms with van der Waals surface area (Å²) in [7, 11) is 0. The SMILES string of the molecule is CC(CC1CN(C(C)C)c2cccc(F)c21)C(=O)O. The average molecular weight is 265 g/mol. The van der Waals surface area contributed by atoms with Crippen molar-refractivity contribution in [1.29, 1.82) is 0 Å². The molecule has 0 aromatic heterocycles. The maximum absolute atomic E-state index is 14.1. The molecule has 1 aromatic rings. The van der Waals surface area contributed by atoms with Gasteiger partial charge in [0.05, 0.1) is 5.92 Å². The predicted octanol–water partition coefficient (Wildman–Crippen LogP) is 3.25. The van der Waals surface area contributed by atoms with Crippen molar-refractivity contribution in [3.05, 3.63) is 29.6 Å². The van der Waals surface area contributed by atoms with Gasteiger partial charge < -0.3 is 10.0 Å². The van der Waals surface area contributed by atoms with E-state index >= 15 is 0 Å². The topological polar surface area (TPSA) is 40.5 Å². The first-order valence-corrected chi connectivity index (χ1v) is 6.69. The van der Waals surface area contributed by atoms with E-state index in [4.69, 9.17) is 5.11 Å². The molecular weight excluding hydrogens is 245 g/mol. The highest BCUT2D eigenvalue weighted by Crippen LogP contribution is 2.41. The summed E-state index contributed by atoms with van der Waals surface area (Å²) in [6, 6.07) is 5.38. The molecule has 0 spiro atoms. The van der Waals surface area contributed by atoms with Crippen LogP contribution in [0.2, 0.25) is 0 Å². The fourth-order valence-corrected chi connectivity index (χ4v) is 2.82. The number of halogens is 1. The molecule has 0 bridgehead atoms. The number of carboxylic acid groups (broad SMARTS) is 1. The van der Waals surface area contributed by atoms with Gasteiger partial charge in [-0.2, -0.15) is 0 Å². The second kappa shape index (κ2) is 5.19. The van der Waals surface area contributed by atoms with Gasteiger partial charge in [-0.1, -0.05) is 13.0 Å². The van der Waals surface area contributed by atoms with Crippen LogP contribution in [0.3, 0.4) is 0 Å². The van der Waals surface area contributed by atoms with Gasteiger partial charge in [-0.3, -0.25) is 4.79 Å². The summed E-state index contributed by atoms with van der Waals surface area (Å²) in [5, 5.41) is 9.03. The number of hydrogen-bond acceptors (Lipinski definition) is 2. The molecule has 0 radical (unpaired) electrons. The van der Waals surface area contributed by atoms with Gasteiger partial charge >= 0.3 is 5.97 Å². The molecular formula is C15H20FNO2. The number of anilines is 1. The van der Waals surface area contributed by atoms with Crippen molar-refractivity contribution in [2.45, 2.75) is 39.2 Å². The van der Waals surface area contributed by atoms with Crippen LogP contribution in [0, 0.1) is 11.7 Å². The van der Waals surface area contributed by atoms with E-state index in [-0.39, 0.29) is 17.8 Å². The number of benzene rings is 1. The Hall–Kier alpha value is -1.58. The van der Waals surface area contributed by atoms with Crippen molar-refractivity contribution < 1.29 is 14.3 Å². The summed E-state index contributed by atoms with van der Waals surface area (Å²) in [5.74, 6) is -1.53. The lowest BCUT2D eigenvalue weighted by molar-refractivity contribution is -0.141. The number of aliphatic carboxylic acids is 1. The van der Waals surface area contributed by atoms with Crippen LogP contribution in [0.15, 0.2) is 18.2 Å².